The molecule has 0 bridgehead atoms. The van der Waals surface area contributed by atoms with E-state index in [0.717, 1.165) is 63.1 Å². The standard InChI is InChI=1S/C81H73BrN3.Ir/c1-79(2,3)61-33-38-65(73(50-61)68-35-30-55(76-28-18-20-41-83-76)47-71(68)53-22-12-10-13-23-53)59-44-58(64-26-16-17-27-67(64)70-37-32-57(49-75(70)82)78-52-63(40-43-85-78)81(7,8)9)45-60(46-59)66-39-34-62(80(4,5)6)51-74(66)69-36-31-56(77-29-19-21-42-84-77)48-72(69)54-24-14-11-15-25-54;/h10-29,33-43,47-52,58-60H,44-46H2,1-9H3;/q-3;+3. The third-order valence-corrected chi connectivity index (χ3v) is 18.1. The third kappa shape index (κ3) is 12.8. The predicted octanol–water partition coefficient (Wildman–Crippen LogP) is 22.1. The van der Waals surface area contributed by atoms with Crippen LogP contribution in [0.2, 0.25) is 0 Å². The van der Waals surface area contributed by atoms with Gasteiger partial charge in [-0.25, -0.2) is 0 Å². The summed E-state index contributed by atoms with van der Waals surface area (Å²) in [6, 6.07) is 87.1. The smallest absolute Gasteiger partial charge is 0.305 e. The van der Waals surface area contributed by atoms with Gasteiger partial charge in [0.15, 0.2) is 0 Å². The van der Waals surface area contributed by atoms with E-state index in [-0.39, 0.29) is 54.1 Å². The maximum atomic E-state index is 4.85. The van der Waals surface area contributed by atoms with Crippen molar-refractivity contribution >= 4 is 15.9 Å². The Bertz CT molecular complexity index is 3980. The largest absolute Gasteiger partial charge is 3.00 e. The fraction of sp³-hybridized carbons (Fsp3) is 0.222. The van der Waals surface area contributed by atoms with E-state index in [1.165, 1.54) is 83.5 Å². The van der Waals surface area contributed by atoms with Crippen molar-refractivity contribution < 1.29 is 20.1 Å². The molecule has 2 unspecified atom stereocenters. The first kappa shape index (κ1) is 60.0. The quantitative estimate of drug-likeness (QED) is 0.121. The van der Waals surface area contributed by atoms with Gasteiger partial charge >= 0.3 is 20.1 Å². The van der Waals surface area contributed by atoms with Crippen LogP contribution in [0.15, 0.2) is 229 Å². The van der Waals surface area contributed by atoms with Crippen molar-refractivity contribution in [1.82, 2.24) is 15.0 Å². The van der Waals surface area contributed by atoms with Gasteiger partial charge in [-0.1, -0.05) is 279 Å². The summed E-state index contributed by atoms with van der Waals surface area (Å²) in [5, 5.41) is 0. The first-order chi connectivity index (χ1) is 40.9. The average molecular weight is 1360 g/mol. The Kier molecular flexibility index (Phi) is 17.4. The van der Waals surface area contributed by atoms with Crippen LogP contribution in [0.4, 0.5) is 0 Å². The Morgan fingerprint density at radius 3 is 1.17 bits per heavy atom. The molecule has 0 radical (unpaired) electrons. The molecule has 1 saturated carbocycles. The fourth-order valence-electron chi connectivity index (χ4n) is 12.7. The SMILES string of the molecule is CC(C)(C)c1ccnc(-c2[c-]cc(-c3ccccc3C3CC(c4ccc(C(C)(C)C)cc4-c4c[c-]c(-c5ccccn5)cc4-c4ccccc4)CC(c4ccc(C(C)(C)C)cc4-c4c[c-]c(-c5ccccn5)cc4-c4ccccc4)C3)c(Br)c2)c1.[Ir+3]. The molecule has 0 spiro atoms. The summed E-state index contributed by atoms with van der Waals surface area (Å²) < 4.78 is 1.03. The number of rotatable bonds is 11. The zero-order chi connectivity index (χ0) is 59.0. The molecule has 3 aromatic heterocycles. The van der Waals surface area contributed by atoms with Gasteiger partial charge in [-0.2, -0.15) is 0 Å². The first-order valence-electron chi connectivity index (χ1n) is 30.1. The van der Waals surface area contributed by atoms with Crippen molar-refractivity contribution in [3.05, 3.63) is 281 Å². The van der Waals surface area contributed by atoms with Gasteiger partial charge in [-0.3, -0.25) is 0 Å². The second kappa shape index (κ2) is 25.0. The van der Waals surface area contributed by atoms with Crippen LogP contribution >= 0.6 is 15.9 Å². The predicted molar refractivity (Wildman–Crippen MR) is 359 cm³/mol. The van der Waals surface area contributed by atoms with Crippen LogP contribution in [0, 0.1) is 18.2 Å². The molecule has 1 aliphatic carbocycles. The van der Waals surface area contributed by atoms with Gasteiger partial charge < -0.3 is 15.0 Å². The molecule has 5 heteroatoms. The summed E-state index contributed by atoms with van der Waals surface area (Å²) >= 11 is 4.14. The van der Waals surface area contributed by atoms with Crippen LogP contribution < -0.4 is 0 Å². The first-order valence-corrected chi connectivity index (χ1v) is 30.9. The molecule has 428 valence electrons. The van der Waals surface area contributed by atoms with Gasteiger partial charge in [0, 0.05) is 18.6 Å². The van der Waals surface area contributed by atoms with Gasteiger partial charge in [0.2, 0.25) is 0 Å². The van der Waals surface area contributed by atoms with Crippen molar-refractivity contribution in [3.63, 3.8) is 0 Å². The van der Waals surface area contributed by atoms with Crippen molar-refractivity contribution in [2.75, 3.05) is 0 Å². The molecule has 0 saturated heterocycles. The summed E-state index contributed by atoms with van der Waals surface area (Å²) in [5.41, 5.74) is 25.3. The second-order valence-corrected chi connectivity index (χ2v) is 27.1. The molecule has 3 heterocycles. The van der Waals surface area contributed by atoms with E-state index in [9.17, 15) is 0 Å². The van der Waals surface area contributed by atoms with Gasteiger partial charge in [-0.05, 0) is 133 Å². The molecule has 0 N–H and O–H groups in total. The Labute approximate surface area is 533 Å². The summed E-state index contributed by atoms with van der Waals surface area (Å²) in [6.45, 7) is 20.7. The van der Waals surface area contributed by atoms with E-state index in [1.54, 1.807) is 0 Å². The number of pyridine rings is 3. The summed E-state index contributed by atoms with van der Waals surface area (Å²) in [4.78, 5) is 14.5. The molecule has 86 heavy (non-hydrogen) atoms. The van der Waals surface area contributed by atoms with E-state index < -0.39 is 0 Å². The maximum Gasteiger partial charge on any atom is 3.00 e. The number of halogens is 1. The number of hydrogen-bond donors (Lipinski definition) is 0. The molecule has 2 atom stereocenters. The Morgan fingerprint density at radius 1 is 0.337 bits per heavy atom. The van der Waals surface area contributed by atoms with Gasteiger partial charge in [0.25, 0.3) is 0 Å². The van der Waals surface area contributed by atoms with Crippen LogP contribution in [0.5, 0.6) is 0 Å². The minimum Gasteiger partial charge on any atom is -0.305 e. The molecule has 1 fully saturated rings. The number of hydrogen-bond acceptors (Lipinski definition) is 3. The molecular weight excluding hydrogens is 1290 g/mol. The van der Waals surface area contributed by atoms with Crippen molar-refractivity contribution in [3.8, 4) is 89.4 Å². The van der Waals surface area contributed by atoms with Crippen LogP contribution in [0.1, 0.15) is 133 Å². The Hall–Kier alpha value is -7.66. The molecule has 1 aliphatic rings. The summed E-state index contributed by atoms with van der Waals surface area (Å²) in [5.74, 6) is 0.515. The van der Waals surface area contributed by atoms with Crippen LogP contribution in [0.3, 0.4) is 0 Å². The van der Waals surface area contributed by atoms with Crippen LogP contribution in [-0.4, -0.2) is 15.0 Å². The van der Waals surface area contributed by atoms with Crippen LogP contribution in [-0.2, 0) is 36.4 Å². The number of benzene rings is 8. The fourth-order valence-corrected chi connectivity index (χ4v) is 13.3. The maximum absolute atomic E-state index is 4.85. The monoisotopic (exact) mass is 1360 g/mol. The molecule has 11 aromatic rings. The zero-order valence-electron chi connectivity index (χ0n) is 50.8. The van der Waals surface area contributed by atoms with Gasteiger partial charge in [-0.15, -0.1) is 71.3 Å². The molecule has 0 amide bonds. The van der Waals surface area contributed by atoms with Crippen molar-refractivity contribution in [2.24, 2.45) is 0 Å². The molecule has 0 aliphatic heterocycles. The Morgan fingerprint density at radius 2 is 0.733 bits per heavy atom. The van der Waals surface area contributed by atoms with E-state index in [1.807, 2.05) is 30.7 Å². The van der Waals surface area contributed by atoms with Crippen LogP contribution in [0.25, 0.3) is 89.4 Å². The van der Waals surface area contributed by atoms with E-state index >= 15 is 0 Å². The topological polar surface area (TPSA) is 38.7 Å². The third-order valence-electron chi connectivity index (χ3n) is 17.5. The number of nitrogens with zero attached hydrogens (tertiary/aromatic N) is 3. The van der Waals surface area contributed by atoms with Crippen molar-refractivity contribution in [1.29, 1.82) is 0 Å². The molecule has 12 rings (SSSR count). The summed E-state index contributed by atoms with van der Waals surface area (Å²) in [6.07, 6.45) is 8.56. The normalized spacial score (nSPS) is 15.4. The average Bonchev–Trinajstić information content (AvgIpc) is 0.949. The van der Waals surface area contributed by atoms with Gasteiger partial charge in [0.05, 0.1) is 0 Å². The van der Waals surface area contributed by atoms with E-state index in [0.29, 0.717) is 0 Å². The number of aromatic nitrogens is 3. The molecular formula is C81H73BrIrN3. The van der Waals surface area contributed by atoms with Crippen molar-refractivity contribution in [2.45, 2.75) is 116 Å². The summed E-state index contributed by atoms with van der Waals surface area (Å²) in [7, 11) is 0. The Balaban J connectivity index is 0.00000768. The van der Waals surface area contributed by atoms with E-state index in [4.69, 9.17) is 15.0 Å². The minimum atomic E-state index is -0.0942. The minimum absolute atomic E-state index is 0. The second-order valence-electron chi connectivity index (χ2n) is 26.3. The molecule has 3 nitrogen and oxygen atoms in total. The zero-order valence-corrected chi connectivity index (χ0v) is 54.7. The molecule has 8 aromatic carbocycles. The van der Waals surface area contributed by atoms with Gasteiger partial charge in [0.1, 0.15) is 0 Å². The van der Waals surface area contributed by atoms with E-state index in [2.05, 4.69) is 291 Å².